The molecule has 0 aliphatic rings. The van der Waals surface area contributed by atoms with Crippen molar-refractivity contribution >= 4 is 17.3 Å². The highest BCUT2D eigenvalue weighted by atomic mass is 35.5. The minimum atomic E-state index is -0.250. The van der Waals surface area contributed by atoms with E-state index in [0.29, 0.717) is 12.2 Å². The van der Waals surface area contributed by atoms with E-state index in [1.807, 2.05) is 19.0 Å². The number of hydrogen-bond donors (Lipinski definition) is 1. The van der Waals surface area contributed by atoms with Crippen molar-refractivity contribution in [2.75, 3.05) is 26.0 Å². The second-order valence-corrected chi connectivity index (χ2v) is 5.94. The predicted molar refractivity (Wildman–Crippen MR) is 80.1 cm³/mol. The van der Waals surface area contributed by atoms with Gasteiger partial charge in [-0.15, -0.1) is 0 Å². The fourth-order valence-corrected chi connectivity index (χ4v) is 1.65. The van der Waals surface area contributed by atoms with Gasteiger partial charge < -0.3 is 10.2 Å². The van der Waals surface area contributed by atoms with Gasteiger partial charge in [-0.3, -0.25) is 4.79 Å². The molecule has 0 aliphatic heterocycles. The number of hydrogen-bond acceptors (Lipinski definition) is 4. The molecule has 1 N–H and O–H groups in total. The van der Waals surface area contributed by atoms with Gasteiger partial charge in [0.1, 0.15) is 5.02 Å². The van der Waals surface area contributed by atoms with Crippen molar-refractivity contribution in [1.82, 2.24) is 14.7 Å². The number of likely N-dealkylation sites (N-methyl/N-ethyl adjacent to an activating group) is 1. The first kappa shape index (κ1) is 16.0. The zero-order valence-electron chi connectivity index (χ0n) is 12.3. The molecule has 0 fully saturated rings. The maximum absolute atomic E-state index is 12.1. The fraction of sp³-hybridized carbons (Fsp3) is 0.692. The molecule has 0 amide bonds. The summed E-state index contributed by atoms with van der Waals surface area (Å²) in [6.07, 6.45) is 2.55. The van der Waals surface area contributed by atoms with Gasteiger partial charge in [0.15, 0.2) is 0 Å². The number of anilines is 1. The van der Waals surface area contributed by atoms with E-state index < -0.39 is 0 Å². The minimum absolute atomic E-state index is 0.117. The van der Waals surface area contributed by atoms with Crippen LogP contribution >= 0.6 is 11.6 Å². The summed E-state index contributed by atoms with van der Waals surface area (Å²) >= 11 is 6.13. The molecule has 19 heavy (non-hydrogen) atoms. The molecule has 6 heteroatoms. The van der Waals surface area contributed by atoms with E-state index in [1.54, 1.807) is 6.20 Å². The lowest BCUT2D eigenvalue weighted by molar-refractivity contribution is 0.367. The maximum Gasteiger partial charge on any atom is 0.287 e. The number of nitrogens with one attached hydrogen (secondary N) is 1. The first-order valence-electron chi connectivity index (χ1n) is 6.45. The van der Waals surface area contributed by atoms with Crippen molar-refractivity contribution in [3.63, 3.8) is 0 Å². The van der Waals surface area contributed by atoms with E-state index in [-0.39, 0.29) is 16.1 Å². The second-order valence-electron chi connectivity index (χ2n) is 5.57. The normalized spacial score (nSPS) is 11.9. The van der Waals surface area contributed by atoms with Gasteiger partial charge in [-0.05, 0) is 34.4 Å². The molecule has 1 heterocycles. The Morgan fingerprint density at radius 2 is 2.11 bits per heavy atom. The molecule has 0 atom stereocenters. The first-order valence-corrected chi connectivity index (χ1v) is 6.83. The quantitative estimate of drug-likeness (QED) is 0.870. The summed E-state index contributed by atoms with van der Waals surface area (Å²) in [5.74, 6) is 0. The molecule has 0 unspecified atom stereocenters. The number of rotatable bonds is 6. The molecular weight excluding hydrogens is 264 g/mol. The molecule has 5 nitrogen and oxygen atoms in total. The van der Waals surface area contributed by atoms with Crippen LogP contribution in [-0.4, -0.2) is 40.9 Å². The van der Waals surface area contributed by atoms with Crippen LogP contribution in [0.5, 0.6) is 0 Å². The molecular formula is C13H23ClN4O. The van der Waals surface area contributed by atoms with Crippen LogP contribution in [0.3, 0.4) is 0 Å². The summed E-state index contributed by atoms with van der Waals surface area (Å²) in [4.78, 5) is 14.1. The Balaban J connectivity index is 2.95. The molecule has 0 saturated carbocycles. The Labute approximate surface area is 119 Å². The Kier molecular flexibility index (Phi) is 5.38. The van der Waals surface area contributed by atoms with Crippen molar-refractivity contribution in [1.29, 1.82) is 0 Å². The number of aromatic nitrogens is 2. The van der Waals surface area contributed by atoms with Crippen molar-refractivity contribution < 1.29 is 0 Å². The highest BCUT2D eigenvalue weighted by molar-refractivity contribution is 6.32. The van der Waals surface area contributed by atoms with Gasteiger partial charge in [0, 0.05) is 12.1 Å². The lowest BCUT2D eigenvalue weighted by Crippen LogP contribution is -2.33. The van der Waals surface area contributed by atoms with E-state index in [4.69, 9.17) is 11.6 Å². The molecule has 108 valence electrons. The summed E-state index contributed by atoms with van der Waals surface area (Å²) in [7, 11) is 3.90. The van der Waals surface area contributed by atoms with Crippen molar-refractivity contribution in [2.24, 2.45) is 0 Å². The van der Waals surface area contributed by atoms with Crippen LogP contribution in [-0.2, 0) is 6.54 Å². The van der Waals surface area contributed by atoms with Crippen LogP contribution < -0.4 is 10.9 Å². The van der Waals surface area contributed by atoms with E-state index >= 15 is 0 Å². The highest BCUT2D eigenvalue weighted by Gasteiger charge is 2.18. The summed E-state index contributed by atoms with van der Waals surface area (Å²) in [5, 5.41) is 7.61. The lowest BCUT2D eigenvalue weighted by atomic mass is 10.0. The van der Waals surface area contributed by atoms with Gasteiger partial charge in [-0.25, -0.2) is 4.68 Å². The zero-order valence-corrected chi connectivity index (χ0v) is 13.1. The summed E-state index contributed by atoms with van der Waals surface area (Å²) in [5.41, 5.74) is 0.230. The van der Waals surface area contributed by atoms with Crippen molar-refractivity contribution in [3.05, 3.63) is 21.6 Å². The summed E-state index contributed by atoms with van der Waals surface area (Å²) in [6, 6.07) is 0. The zero-order chi connectivity index (χ0) is 14.6. The van der Waals surface area contributed by atoms with Crippen LogP contribution in [0.15, 0.2) is 11.0 Å². The Bertz CT molecular complexity index is 482. The van der Waals surface area contributed by atoms with E-state index in [0.717, 1.165) is 13.0 Å². The van der Waals surface area contributed by atoms with Gasteiger partial charge >= 0.3 is 0 Å². The minimum Gasteiger partial charge on any atom is -0.378 e. The topological polar surface area (TPSA) is 50.2 Å². The molecule has 0 aromatic carbocycles. The van der Waals surface area contributed by atoms with Crippen LogP contribution in [0.2, 0.25) is 5.02 Å². The molecule has 1 rings (SSSR count). The van der Waals surface area contributed by atoms with E-state index in [2.05, 4.69) is 31.2 Å². The van der Waals surface area contributed by atoms with Crippen LogP contribution in [0, 0.1) is 0 Å². The van der Waals surface area contributed by atoms with E-state index in [1.165, 1.54) is 4.68 Å². The summed E-state index contributed by atoms with van der Waals surface area (Å²) < 4.78 is 1.40. The van der Waals surface area contributed by atoms with Gasteiger partial charge in [0.25, 0.3) is 5.56 Å². The molecule has 1 aromatic heterocycles. The molecule has 0 radical (unpaired) electrons. The summed E-state index contributed by atoms with van der Waals surface area (Å²) in [6.45, 7) is 7.47. The van der Waals surface area contributed by atoms with Gasteiger partial charge in [0.05, 0.1) is 18.4 Å². The van der Waals surface area contributed by atoms with Crippen molar-refractivity contribution in [2.45, 2.75) is 39.3 Å². The average Bonchev–Trinajstić information content (AvgIpc) is 2.34. The monoisotopic (exact) mass is 286 g/mol. The molecule has 1 aromatic rings. The SMILES string of the molecule is CCC(C)(C)Nc1cnn(CCN(C)C)c(=O)c1Cl. The molecule has 0 saturated heterocycles. The van der Waals surface area contributed by atoms with Gasteiger partial charge in [-0.1, -0.05) is 18.5 Å². The molecule has 0 aliphatic carbocycles. The predicted octanol–water partition coefficient (Wildman–Crippen LogP) is 2.06. The Morgan fingerprint density at radius 3 is 2.63 bits per heavy atom. The Morgan fingerprint density at radius 1 is 1.47 bits per heavy atom. The number of nitrogens with zero attached hydrogens (tertiary/aromatic N) is 3. The largest absolute Gasteiger partial charge is 0.378 e. The van der Waals surface area contributed by atoms with Gasteiger partial charge in [-0.2, -0.15) is 5.10 Å². The third-order valence-corrected chi connectivity index (χ3v) is 3.47. The van der Waals surface area contributed by atoms with Crippen LogP contribution in [0.1, 0.15) is 27.2 Å². The Hall–Kier alpha value is -1.07. The smallest absolute Gasteiger partial charge is 0.287 e. The number of halogens is 1. The second kappa shape index (κ2) is 6.39. The lowest BCUT2D eigenvalue weighted by Gasteiger charge is -2.26. The average molecular weight is 287 g/mol. The van der Waals surface area contributed by atoms with Crippen LogP contribution in [0.25, 0.3) is 0 Å². The molecule has 0 spiro atoms. The third kappa shape index (κ3) is 4.51. The van der Waals surface area contributed by atoms with Gasteiger partial charge in [0.2, 0.25) is 0 Å². The fourth-order valence-electron chi connectivity index (χ4n) is 1.46. The van der Waals surface area contributed by atoms with E-state index in [9.17, 15) is 4.79 Å². The maximum atomic E-state index is 12.1. The first-order chi connectivity index (χ1) is 8.76. The molecule has 0 bridgehead atoms. The van der Waals surface area contributed by atoms with Crippen LogP contribution in [0.4, 0.5) is 5.69 Å². The third-order valence-electron chi connectivity index (χ3n) is 3.10. The highest BCUT2D eigenvalue weighted by Crippen LogP contribution is 2.21. The van der Waals surface area contributed by atoms with Crippen molar-refractivity contribution in [3.8, 4) is 0 Å². The standard InChI is InChI=1S/C13H23ClN4O/c1-6-13(2,3)16-10-9-15-18(8-7-17(4)5)12(19)11(10)14/h9,16H,6-8H2,1-5H3.